The van der Waals surface area contributed by atoms with Gasteiger partial charge in [-0.2, -0.15) is 0 Å². The molecule has 0 bridgehead atoms. The van der Waals surface area contributed by atoms with Crippen LogP contribution in [0.25, 0.3) is 0 Å². The van der Waals surface area contributed by atoms with Crippen molar-refractivity contribution in [2.45, 2.75) is 65.9 Å². The second-order valence-electron chi connectivity index (χ2n) is 6.88. The zero-order chi connectivity index (χ0) is 11.8. The Bertz CT molecular complexity index is 228. The highest BCUT2D eigenvalue weighted by molar-refractivity contribution is 4.93. The van der Waals surface area contributed by atoms with Crippen molar-refractivity contribution < 1.29 is 4.74 Å². The Kier molecular flexibility index (Phi) is 3.63. The minimum atomic E-state index is 0.449. The topological polar surface area (TPSA) is 9.23 Å². The highest BCUT2D eigenvalue weighted by Crippen LogP contribution is 2.48. The maximum atomic E-state index is 6.11. The fraction of sp³-hybridized carbons (Fsp3) is 1.00. The average molecular weight is 224 g/mol. The van der Waals surface area contributed by atoms with Crippen LogP contribution >= 0.6 is 0 Å². The van der Waals surface area contributed by atoms with E-state index in [4.69, 9.17) is 4.74 Å². The van der Waals surface area contributed by atoms with Gasteiger partial charge in [-0.15, -0.1) is 0 Å². The molecule has 4 atom stereocenters. The second kappa shape index (κ2) is 4.68. The zero-order valence-electron chi connectivity index (χ0n) is 11.5. The first kappa shape index (κ1) is 12.4. The van der Waals surface area contributed by atoms with Crippen LogP contribution in [0.4, 0.5) is 0 Å². The van der Waals surface area contributed by atoms with Crippen molar-refractivity contribution >= 4 is 0 Å². The molecule has 1 aliphatic carbocycles. The van der Waals surface area contributed by atoms with Crippen LogP contribution in [0.1, 0.15) is 59.8 Å². The standard InChI is InChI=1S/C15H28O/c1-5-11-10-16-13-9-7-6-8-12(13)14(11)15(2,3)4/h11-14H,5-10H2,1-4H3/t11-,12?,13?,14-/m1/s1. The molecule has 94 valence electrons. The van der Waals surface area contributed by atoms with Gasteiger partial charge in [0.15, 0.2) is 0 Å². The van der Waals surface area contributed by atoms with E-state index in [1.165, 1.54) is 32.1 Å². The summed E-state index contributed by atoms with van der Waals surface area (Å²) in [5, 5.41) is 0. The molecule has 1 saturated heterocycles. The third kappa shape index (κ3) is 2.30. The third-order valence-corrected chi connectivity index (χ3v) is 4.77. The lowest BCUT2D eigenvalue weighted by atomic mass is 9.60. The average Bonchev–Trinajstić information content (AvgIpc) is 2.26. The molecule has 2 aliphatic rings. The van der Waals surface area contributed by atoms with Gasteiger partial charge in [-0.3, -0.25) is 0 Å². The molecular formula is C15H28O. The van der Waals surface area contributed by atoms with Crippen LogP contribution in [0.5, 0.6) is 0 Å². The van der Waals surface area contributed by atoms with E-state index in [1.807, 2.05) is 0 Å². The smallest absolute Gasteiger partial charge is 0.0606 e. The van der Waals surface area contributed by atoms with Gasteiger partial charge < -0.3 is 4.74 Å². The van der Waals surface area contributed by atoms with Crippen molar-refractivity contribution in [3.05, 3.63) is 0 Å². The predicted octanol–water partition coefficient (Wildman–Crippen LogP) is 4.26. The Hall–Kier alpha value is -0.0400. The molecule has 2 fully saturated rings. The summed E-state index contributed by atoms with van der Waals surface area (Å²) < 4.78 is 6.11. The number of rotatable bonds is 1. The Morgan fingerprint density at radius 2 is 1.81 bits per heavy atom. The van der Waals surface area contributed by atoms with Gasteiger partial charge in [-0.05, 0) is 36.0 Å². The van der Waals surface area contributed by atoms with Crippen molar-refractivity contribution in [2.75, 3.05) is 6.61 Å². The fourth-order valence-corrected chi connectivity index (χ4v) is 4.16. The van der Waals surface area contributed by atoms with Crippen LogP contribution < -0.4 is 0 Å². The molecule has 0 amide bonds. The van der Waals surface area contributed by atoms with Gasteiger partial charge in [0, 0.05) is 0 Å². The Morgan fingerprint density at radius 1 is 1.12 bits per heavy atom. The molecule has 0 aromatic rings. The van der Waals surface area contributed by atoms with Gasteiger partial charge >= 0.3 is 0 Å². The lowest BCUT2D eigenvalue weighted by Crippen LogP contribution is -2.48. The molecule has 0 N–H and O–H groups in total. The molecule has 0 spiro atoms. The number of fused-ring (bicyclic) bond motifs is 1. The molecule has 0 aromatic heterocycles. The molecule has 2 unspecified atom stereocenters. The highest BCUT2D eigenvalue weighted by atomic mass is 16.5. The van der Waals surface area contributed by atoms with Crippen LogP contribution in [-0.2, 0) is 4.74 Å². The minimum Gasteiger partial charge on any atom is -0.378 e. The summed E-state index contributed by atoms with van der Waals surface area (Å²) in [6.07, 6.45) is 7.39. The van der Waals surface area contributed by atoms with Crippen LogP contribution in [0, 0.1) is 23.2 Å². The van der Waals surface area contributed by atoms with E-state index in [0.717, 1.165) is 24.4 Å². The maximum absolute atomic E-state index is 6.11. The highest BCUT2D eigenvalue weighted by Gasteiger charge is 2.45. The van der Waals surface area contributed by atoms with Crippen LogP contribution in [0.3, 0.4) is 0 Å². The molecule has 1 nitrogen and oxygen atoms in total. The summed E-state index contributed by atoms with van der Waals surface area (Å²) in [4.78, 5) is 0. The minimum absolute atomic E-state index is 0.449. The van der Waals surface area contributed by atoms with Gasteiger partial charge in [-0.25, -0.2) is 0 Å². The van der Waals surface area contributed by atoms with Gasteiger partial charge in [0.05, 0.1) is 12.7 Å². The number of hydrogen-bond donors (Lipinski definition) is 0. The molecule has 0 radical (unpaired) electrons. The summed E-state index contributed by atoms with van der Waals surface area (Å²) >= 11 is 0. The SMILES string of the molecule is CC[C@@H]1COC2CCCCC2[C@@H]1C(C)(C)C. The summed E-state index contributed by atoms with van der Waals surface area (Å²) in [7, 11) is 0. The largest absolute Gasteiger partial charge is 0.378 e. The van der Waals surface area contributed by atoms with Gasteiger partial charge in [0.2, 0.25) is 0 Å². The van der Waals surface area contributed by atoms with Gasteiger partial charge in [-0.1, -0.05) is 47.0 Å². The van der Waals surface area contributed by atoms with E-state index >= 15 is 0 Å². The quantitative estimate of drug-likeness (QED) is 0.646. The molecule has 1 saturated carbocycles. The van der Waals surface area contributed by atoms with E-state index in [1.54, 1.807) is 0 Å². The summed E-state index contributed by atoms with van der Waals surface area (Å²) in [6, 6.07) is 0. The van der Waals surface area contributed by atoms with Crippen molar-refractivity contribution in [3.63, 3.8) is 0 Å². The van der Waals surface area contributed by atoms with Crippen molar-refractivity contribution in [3.8, 4) is 0 Å². The van der Waals surface area contributed by atoms with E-state index in [9.17, 15) is 0 Å². The fourth-order valence-electron chi connectivity index (χ4n) is 4.16. The number of ether oxygens (including phenoxy) is 1. The first-order valence-electron chi connectivity index (χ1n) is 7.15. The third-order valence-electron chi connectivity index (χ3n) is 4.77. The van der Waals surface area contributed by atoms with Crippen molar-refractivity contribution in [1.29, 1.82) is 0 Å². The van der Waals surface area contributed by atoms with Gasteiger partial charge in [0.25, 0.3) is 0 Å². The van der Waals surface area contributed by atoms with E-state index < -0.39 is 0 Å². The normalized spacial score (nSPS) is 40.5. The Labute approximate surface area is 101 Å². The Morgan fingerprint density at radius 3 is 2.44 bits per heavy atom. The lowest BCUT2D eigenvalue weighted by Gasteiger charge is -2.50. The van der Waals surface area contributed by atoms with Crippen LogP contribution in [-0.4, -0.2) is 12.7 Å². The van der Waals surface area contributed by atoms with Gasteiger partial charge in [0.1, 0.15) is 0 Å². The molecule has 1 heterocycles. The molecule has 1 heteroatoms. The molecule has 0 aromatic carbocycles. The summed E-state index contributed by atoms with van der Waals surface area (Å²) in [5.41, 5.74) is 0.449. The predicted molar refractivity (Wildman–Crippen MR) is 68.4 cm³/mol. The van der Waals surface area contributed by atoms with Crippen molar-refractivity contribution in [1.82, 2.24) is 0 Å². The molecule has 1 aliphatic heterocycles. The Balaban J connectivity index is 2.18. The summed E-state index contributed by atoms with van der Waals surface area (Å²) in [5.74, 6) is 2.50. The maximum Gasteiger partial charge on any atom is 0.0606 e. The van der Waals surface area contributed by atoms with E-state index in [0.29, 0.717) is 11.5 Å². The zero-order valence-corrected chi connectivity index (χ0v) is 11.5. The monoisotopic (exact) mass is 224 g/mol. The summed E-state index contributed by atoms with van der Waals surface area (Å²) in [6.45, 7) is 10.6. The van der Waals surface area contributed by atoms with Crippen LogP contribution in [0.15, 0.2) is 0 Å². The number of hydrogen-bond acceptors (Lipinski definition) is 1. The van der Waals surface area contributed by atoms with E-state index in [-0.39, 0.29) is 0 Å². The van der Waals surface area contributed by atoms with Crippen LogP contribution in [0.2, 0.25) is 0 Å². The second-order valence-corrected chi connectivity index (χ2v) is 6.88. The lowest BCUT2D eigenvalue weighted by molar-refractivity contribution is -0.137. The van der Waals surface area contributed by atoms with Crippen molar-refractivity contribution in [2.24, 2.45) is 23.2 Å². The molecule has 16 heavy (non-hydrogen) atoms. The molecular weight excluding hydrogens is 196 g/mol. The van der Waals surface area contributed by atoms with E-state index in [2.05, 4.69) is 27.7 Å². The first-order valence-corrected chi connectivity index (χ1v) is 7.15. The first-order chi connectivity index (χ1) is 7.54. The molecule has 2 rings (SSSR count).